The van der Waals surface area contributed by atoms with Crippen LogP contribution in [-0.4, -0.2) is 30.8 Å². The molecule has 1 heterocycles. The maximum Gasteiger partial charge on any atom is 0.435 e. The number of sulfonamides is 1. The molecule has 0 fully saturated rings. The summed E-state index contributed by atoms with van der Waals surface area (Å²) in [6.07, 6.45) is -4.69. The molecule has 0 amide bonds. The fraction of sp³-hybridized carbons (Fsp3) is 0.111. The Morgan fingerprint density at radius 3 is 2.10 bits per heavy atom. The molecule has 13 heteroatoms. The molecule has 0 saturated heterocycles. The van der Waals surface area contributed by atoms with Gasteiger partial charge in [0.15, 0.2) is 10.8 Å². The summed E-state index contributed by atoms with van der Waals surface area (Å²) in [5.41, 5.74) is -0.460. The fourth-order valence-corrected chi connectivity index (χ4v) is 3.46. The molecule has 0 radical (unpaired) electrons. The van der Waals surface area contributed by atoms with E-state index < -0.39 is 27.7 Å². The lowest BCUT2D eigenvalue weighted by atomic mass is 10.2. The van der Waals surface area contributed by atoms with Crippen molar-refractivity contribution in [2.24, 2.45) is 5.14 Å². The summed E-state index contributed by atoms with van der Waals surface area (Å²) < 4.78 is 75.4. The van der Waals surface area contributed by atoms with Crippen LogP contribution in [0.15, 0.2) is 59.5 Å². The zero-order valence-electron chi connectivity index (χ0n) is 15.8. The largest absolute Gasteiger partial charge is 0.435 e. The Kier molecular flexibility index (Phi) is 6.02. The van der Waals surface area contributed by atoms with Gasteiger partial charge in [0, 0.05) is 24.5 Å². The first-order valence-electron chi connectivity index (χ1n) is 8.47. The van der Waals surface area contributed by atoms with Crippen molar-refractivity contribution in [2.45, 2.75) is 11.1 Å². The van der Waals surface area contributed by atoms with E-state index in [1.165, 1.54) is 58.3 Å². The minimum absolute atomic E-state index is 0.00679. The predicted molar refractivity (Wildman–Crippen MR) is 111 cm³/mol. The second-order valence-electron chi connectivity index (χ2n) is 6.33. The van der Waals surface area contributed by atoms with E-state index in [2.05, 4.69) is 10.2 Å². The Morgan fingerprint density at radius 2 is 1.61 bits per heavy atom. The van der Waals surface area contributed by atoms with Gasteiger partial charge in [-0.2, -0.15) is 18.3 Å². The lowest BCUT2D eigenvalue weighted by Crippen LogP contribution is -2.38. The van der Waals surface area contributed by atoms with Crippen LogP contribution in [0.3, 0.4) is 0 Å². The summed E-state index contributed by atoms with van der Waals surface area (Å²) in [6, 6.07) is 11.1. The fourth-order valence-electron chi connectivity index (χ4n) is 2.63. The van der Waals surface area contributed by atoms with E-state index in [0.29, 0.717) is 5.69 Å². The normalized spacial score (nSPS) is 11.9. The number of H-pyrrole nitrogens is 1. The zero-order chi connectivity index (χ0) is 23.0. The first kappa shape index (κ1) is 22.7. The van der Waals surface area contributed by atoms with Gasteiger partial charge >= 0.3 is 6.18 Å². The molecule has 7 nitrogen and oxygen atoms in total. The summed E-state index contributed by atoms with van der Waals surface area (Å²) in [7, 11) is -2.43. The summed E-state index contributed by atoms with van der Waals surface area (Å²) in [6.45, 7) is 0. The molecule has 2 aromatic carbocycles. The lowest BCUT2D eigenvalue weighted by molar-refractivity contribution is -0.141. The maximum atomic E-state index is 13.2. The number of aromatic nitrogens is 2. The van der Waals surface area contributed by atoms with Crippen molar-refractivity contribution in [2.75, 3.05) is 16.8 Å². The average molecular weight is 473 g/mol. The number of aromatic amines is 1. The van der Waals surface area contributed by atoms with Crippen molar-refractivity contribution >= 4 is 44.5 Å². The Labute approximate surface area is 180 Å². The topological polar surface area (TPSA) is 95.3 Å². The Morgan fingerprint density at radius 1 is 1.06 bits per heavy atom. The molecule has 0 atom stereocenters. The van der Waals surface area contributed by atoms with Crippen LogP contribution in [0.4, 0.5) is 34.8 Å². The van der Waals surface area contributed by atoms with Gasteiger partial charge in [-0.1, -0.05) is 0 Å². The van der Waals surface area contributed by atoms with Crippen molar-refractivity contribution in [3.63, 3.8) is 0 Å². The number of halogens is 4. The monoisotopic (exact) mass is 473 g/mol. The van der Waals surface area contributed by atoms with E-state index in [9.17, 15) is 26.0 Å². The van der Waals surface area contributed by atoms with Gasteiger partial charge in [0.1, 0.15) is 11.6 Å². The number of nitrogens with two attached hydrogens (primary N) is 1. The Bertz CT molecular complexity index is 1190. The smallest absolute Gasteiger partial charge is 0.321 e. The molecule has 3 N–H and O–H groups in total. The summed E-state index contributed by atoms with van der Waals surface area (Å²) >= 11 is 5.47. The van der Waals surface area contributed by atoms with Crippen molar-refractivity contribution in [3.05, 3.63) is 66.1 Å². The number of rotatable bonds is 4. The van der Waals surface area contributed by atoms with Crippen molar-refractivity contribution < 1.29 is 26.0 Å². The molecular formula is C18H15F4N5O2S2. The number of hydrogen-bond donors (Lipinski definition) is 2. The van der Waals surface area contributed by atoms with E-state index in [-0.39, 0.29) is 21.5 Å². The van der Waals surface area contributed by atoms with Gasteiger partial charge in [-0.15, -0.1) is 0 Å². The van der Waals surface area contributed by atoms with E-state index in [4.69, 9.17) is 17.4 Å². The van der Waals surface area contributed by atoms with Crippen LogP contribution >= 0.6 is 12.2 Å². The minimum Gasteiger partial charge on any atom is -0.321 e. The van der Waals surface area contributed by atoms with Crippen molar-refractivity contribution in [1.29, 1.82) is 0 Å². The molecule has 0 unspecified atom stereocenters. The van der Waals surface area contributed by atoms with Crippen LogP contribution in [0.25, 0.3) is 0 Å². The molecule has 3 rings (SSSR count). The number of thiocarbonyl (C=S) groups is 1. The average Bonchev–Trinajstić information content (AvgIpc) is 3.18. The minimum atomic E-state index is -4.69. The second-order valence-corrected chi connectivity index (χ2v) is 8.26. The molecular weight excluding hydrogens is 458 g/mol. The number of primary sulfonamides is 1. The highest BCUT2D eigenvalue weighted by atomic mass is 32.2. The van der Waals surface area contributed by atoms with Gasteiger partial charge < -0.3 is 4.90 Å². The highest BCUT2D eigenvalue weighted by molar-refractivity contribution is 7.89. The SMILES string of the molecule is CN(C(=S)N(c1ccc(S(N)(=O)=O)cc1)c1cc(C(F)(F)F)n[nH]1)c1ccc(F)cc1. The molecule has 0 aliphatic carbocycles. The van der Waals surface area contributed by atoms with Crippen LogP contribution in [0, 0.1) is 5.82 Å². The predicted octanol–water partition coefficient (Wildman–Crippen LogP) is 3.77. The molecule has 0 bridgehead atoms. The van der Waals surface area contributed by atoms with E-state index in [1.54, 1.807) is 7.05 Å². The molecule has 0 aliphatic rings. The van der Waals surface area contributed by atoms with Crippen LogP contribution in [0.5, 0.6) is 0 Å². The van der Waals surface area contributed by atoms with Crippen LogP contribution < -0.4 is 14.9 Å². The Balaban J connectivity index is 2.06. The summed E-state index contributed by atoms with van der Waals surface area (Å²) in [4.78, 5) is 2.49. The van der Waals surface area contributed by atoms with Crippen LogP contribution in [0.2, 0.25) is 0 Å². The quantitative estimate of drug-likeness (QED) is 0.443. The van der Waals surface area contributed by atoms with Crippen molar-refractivity contribution in [3.8, 4) is 0 Å². The van der Waals surface area contributed by atoms with Crippen LogP contribution in [-0.2, 0) is 16.2 Å². The molecule has 3 aromatic rings. The van der Waals surface area contributed by atoms with Crippen molar-refractivity contribution in [1.82, 2.24) is 10.2 Å². The number of anilines is 3. The summed E-state index contributed by atoms with van der Waals surface area (Å²) in [5, 5.41) is 10.7. The molecule has 1 aromatic heterocycles. The third-order valence-corrected chi connectivity index (χ3v) is 5.60. The second kappa shape index (κ2) is 8.24. The molecule has 0 spiro atoms. The molecule has 164 valence electrons. The van der Waals surface area contributed by atoms with Gasteiger partial charge in [-0.05, 0) is 60.7 Å². The van der Waals surface area contributed by atoms with Gasteiger partial charge in [-0.3, -0.25) is 10.00 Å². The Hall–Kier alpha value is -3.03. The van der Waals surface area contributed by atoms with Gasteiger partial charge in [0.05, 0.1) is 4.90 Å². The number of nitrogens with one attached hydrogen (secondary N) is 1. The maximum absolute atomic E-state index is 13.2. The van der Waals surface area contributed by atoms with Gasteiger partial charge in [-0.25, -0.2) is 17.9 Å². The highest BCUT2D eigenvalue weighted by Gasteiger charge is 2.35. The third kappa shape index (κ3) is 5.00. The number of nitrogens with zero attached hydrogens (tertiary/aromatic N) is 3. The van der Waals surface area contributed by atoms with Gasteiger partial charge in [0.2, 0.25) is 10.0 Å². The van der Waals surface area contributed by atoms with Crippen LogP contribution in [0.1, 0.15) is 5.69 Å². The third-order valence-electron chi connectivity index (χ3n) is 4.21. The molecule has 31 heavy (non-hydrogen) atoms. The first-order chi connectivity index (χ1) is 14.4. The number of alkyl halides is 3. The highest BCUT2D eigenvalue weighted by Crippen LogP contribution is 2.33. The standard InChI is InChI=1S/C18H15F4N5O2S2/c1-26(12-4-2-11(19)3-5-12)17(30)27(16-10-15(24-25-16)18(20,21)22)13-6-8-14(9-7-13)31(23,28)29/h2-10H,1H3,(H,24,25)(H2,23,28,29). The lowest BCUT2D eigenvalue weighted by Gasteiger charge is -2.30. The van der Waals surface area contributed by atoms with E-state index >= 15 is 0 Å². The van der Waals surface area contributed by atoms with E-state index in [0.717, 1.165) is 6.07 Å². The number of benzene rings is 2. The van der Waals surface area contributed by atoms with E-state index in [1.807, 2.05) is 0 Å². The number of hydrogen-bond acceptors (Lipinski definition) is 4. The molecule has 0 aliphatic heterocycles. The summed E-state index contributed by atoms with van der Waals surface area (Å²) in [5.74, 6) is -0.587. The first-order valence-corrected chi connectivity index (χ1v) is 10.4. The zero-order valence-corrected chi connectivity index (χ0v) is 17.4. The molecule has 0 saturated carbocycles. The van der Waals surface area contributed by atoms with Gasteiger partial charge in [0.25, 0.3) is 0 Å².